The number of hydrogen-bond donors (Lipinski definition) is 2. The fourth-order valence-corrected chi connectivity index (χ4v) is 1.98. The third-order valence-corrected chi connectivity index (χ3v) is 3.00. The number of carbonyl (C=O) groups is 1. The largest absolute Gasteiger partial charge is 0.378 e. The molecule has 4 heteroatoms. The van der Waals surface area contributed by atoms with Gasteiger partial charge in [-0.25, -0.2) is 0 Å². The van der Waals surface area contributed by atoms with Crippen molar-refractivity contribution in [3.05, 3.63) is 0 Å². The van der Waals surface area contributed by atoms with Crippen molar-refractivity contribution in [1.29, 1.82) is 0 Å². The van der Waals surface area contributed by atoms with E-state index in [0.717, 1.165) is 19.6 Å². The second-order valence-electron chi connectivity index (χ2n) is 4.51. The van der Waals surface area contributed by atoms with Gasteiger partial charge in [0.1, 0.15) is 0 Å². The van der Waals surface area contributed by atoms with Gasteiger partial charge in [0, 0.05) is 26.1 Å². The van der Waals surface area contributed by atoms with E-state index in [1.807, 2.05) is 6.92 Å². The van der Waals surface area contributed by atoms with E-state index < -0.39 is 0 Å². The van der Waals surface area contributed by atoms with E-state index >= 15 is 0 Å². The Morgan fingerprint density at radius 3 is 2.94 bits per heavy atom. The summed E-state index contributed by atoms with van der Waals surface area (Å²) in [6.07, 6.45) is 5.70. The van der Waals surface area contributed by atoms with Gasteiger partial charge in [-0.15, -0.1) is 0 Å². The van der Waals surface area contributed by atoms with Gasteiger partial charge in [-0.1, -0.05) is 0 Å². The molecule has 1 aliphatic heterocycles. The van der Waals surface area contributed by atoms with E-state index in [4.69, 9.17) is 4.74 Å². The van der Waals surface area contributed by atoms with Crippen LogP contribution in [0.25, 0.3) is 0 Å². The van der Waals surface area contributed by atoms with Crippen LogP contribution in [0.5, 0.6) is 0 Å². The number of amides is 1. The normalized spacial score (nSPS) is 22.8. The lowest BCUT2D eigenvalue weighted by molar-refractivity contribution is -0.121. The molecule has 1 saturated heterocycles. The zero-order chi connectivity index (χ0) is 11.8. The zero-order valence-corrected chi connectivity index (χ0v) is 10.4. The van der Waals surface area contributed by atoms with Crippen LogP contribution in [0.4, 0.5) is 0 Å². The Morgan fingerprint density at radius 1 is 1.50 bits per heavy atom. The van der Waals surface area contributed by atoms with Gasteiger partial charge < -0.3 is 15.4 Å². The summed E-state index contributed by atoms with van der Waals surface area (Å²) in [7, 11) is 1.67. The van der Waals surface area contributed by atoms with Crippen LogP contribution in [-0.4, -0.2) is 38.3 Å². The first-order valence-corrected chi connectivity index (χ1v) is 6.28. The molecular formula is C12H24N2O2. The quantitative estimate of drug-likeness (QED) is 0.714. The van der Waals surface area contributed by atoms with Crippen molar-refractivity contribution in [3.8, 4) is 0 Å². The van der Waals surface area contributed by atoms with Crippen molar-refractivity contribution in [2.75, 3.05) is 20.2 Å². The van der Waals surface area contributed by atoms with Gasteiger partial charge in [0.2, 0.25) is 5.91 Å². The molecule has 0 aromatic heterocycles. The Hall–Kier alpha value is -0.610. The molecule has 16 heavy (non-hydrogen) atoms. The van der Waals surface area contributed by atoms with E-state index in [0.29, 0.717) is 12.5 Å². The molecule has 1 fully saturated rings. The topological polar surface area (TPSA) is 50.4 Å². The minimum Gasteiger partial charge on any atom is -0.378 e. The summed E-state index contributed by atoms with van der Waals surface area (Å²) in [5.74, 6) is 0.0916. The molecule has 4 nitrogen and oxygen atoms in total. The maximum absolute atomic E-state index is 11.1. The van der Waals surface area contributed by atoms with Crippen LogP contribution in [0.15, 0.2) is 0 Å². The maximum Gasteiger partial charge on any atom is 0.221 e. The number of nitrogens with one attached hydrogen (secondary N) is 2. The molecule has 1 rings (SSSR count). The lowest BCUT2D eigenvalue weighted by atomic mass is 10.1. The third-order valence-electron chi connectivity index (χ3n) is 3.00. The van der Waals surface area contributed by atoms with E-state index in [-0.39, 0.29) is 11.9 Å². The van der Waals surface area contributed by atoms with Gasteiger partial charge in [-0.05, 0) is 39.2 Å². The highest BCUT2D eigenvalue weighted by Crippen LogP contribution is 2.14. The molecule has 94 valence electrons. The van der Waals surface area contributed by atoms with E-state index in [2.05, 4.69) is 10.6 Å². The van der Waals surface area contributed by atoms with Crippen LogP contribution in [-0.2, 0) is 9.53 Å². The van der Waals surface area contributed by atoms with Gasteiger partial charge in [-0.3, -0.25) is 4.79 Å². The van der Waals surface area contributed by atoms with Crippen LogP contribution in [0.1, 0.15) is 39.0 Å². The molecule has 0 radical (unpaired) electrons. The van der Waals surface area contributed by atoms with Crippen LogP contribution in [0, 0.1) is 0 Å². The third kappa shape index (κ3) is 5.47. The highest BCUT2D eigenvalue weighted by atomic mass is 16.5. The number of hydrogen-bond acceptors (Lipinski definition) is 3. The predicted molar refractivity (Wildman–Crippen MR) is 64.4 cm³/mol. The molecule has 2 unspecified atom stereocenters. The standard InChI is InChI=1S/C12H24N2O2/c1-10(9-12(15)13-2)14-7-6-11-5-3-4-8-16-11/h10-11,14H,3-9H2,1-2H3,(H,13,15). The monoisotopic (exact) mass is 228 g/mol. The first-order valence-electron chi connectivity index (χ1n) is 6.28. The van der Waals surface area contributed by atoms with Crippen molar-refractivity contribution >= 4 is 5.91 Å². The molecule has 0 saturated carbocycles. The Balaban J connectivity index is 2.03. The van der Waals surface area contributed by atoms with Crippen molar-refractivity contribution in [2.24, 2.45) is 0 Å². The molecule has 2 N–H and O–H groups in total. The maximum atomic E-state index is 11.1. The van der Waals surface area contributed by atoms with E-state index in [1.165, 1.54) is 19.3 Å². The fraction of sp³-hybridized carbons (Fsp3) is 0.917. The molecule has 1 amide bonds. The summed E-state index contributed by atoms with van der Waals surface area (Å²) in [4.78, 5) is 11.1. The van der Waals surface area contributed by atoms with Crippen molar-refractivity contribution in [3.63, 3.8) is 0 Å². The van der Waals surface area contributed by atoms with Crippen molar-refractivity contribution in [1.82, 2.24) is 10.6 Å². The molecule has 0 aromatic rings. The zero-order valence-electron chi connectivity index (χ0n) is 10.4. The fourth-order valence-electron chi connectivity index (χ4n) is 1.98. The highest BCUT2D eigenvalue weighted by Gasteiger charge is 2.14. The SMILES string of the molecule is CNC(=O)CC(C)NCCC1CCCCO1. The molecule has 0 bridgehead atoms. The van der Waals surface area contributed by atoms with Gasteiger partial charge in [-0.2, -0.15) is 0 Å². The van der Waals surface area contributed by atoms with Gasteiger partial charge in [0.25, 0.3) is 0 Å². The minimum absolute atomic E-state index is 0.0916. The Kier molecular flexibility index (Phi) is 6.42. The molecule has 2 atom stereocenters. The summed E-state index contributed by atoms with van der Waals surface area (Å²) < 4.78 is 5.64. The van der Waals surface area contributed by atoms with Crippen molar-refractivity contribution < 1.29 is 9.53 Å². The first-order chi connectivity index (χ1) is 7.72. The minimum atomic E-state index is 0.0916. The second-order valence-corrected chi connectivity index (χ2v) is 4.51. The number of rotatable bonds is 6. The van der Waals surface area contributed by atoms with Crippen molar-refractivity contribution in [2.45, 2.75) is 51.2 Å². The Labute approximate surface area is 98.1 Å². The smallest absolute Gasteiger partial charge is 0.221 e. The predicted octanol–water partition coefficient (Wildman–Crippen LogP) is 1.06. The van der Waals surface area contributed by atoms with Crippen LogP contribution < -0.4 is 10.6 Å². The molecule has 0 aliphatic carbocycles. The molecule has 0 spiro atoms. The van der Waals surface area contributed by atoms with E-state index in [9.17, 15) is 4.79 Å². The summed E-state index contributed by atoms with van der Waals surface area (Å²) in [5.41, 5.74) is 0. The van der Waals surface area contributed by atoms with E-state index in [1.54, 1.807) is 7.05 Å². The average Bonchev–Trinajstić information content (AvgIpc) is 2.30. The lowest BCUT2D eigenvalue weighted by Crippen LogP contribution is -2.34. The van der Waals surface area contributed by atoms with Crippen LogP contribution in [0.3, 0.4) is 0 Å². The second kappa shape index (κ2) is 7.63. The van der Waals surface area contributed by atoms with Gasteiger partial charge in [0.05, 0.1) is 6.10 Å². The summed E-state index contributed by atoms with van der Waals surface area (Å²) in [5, 5.41) is 5.99. The van der Waals surface area contributed by atoms with Gasteiger partial charge >= 0.3 is 0 Å². The lowest BCUT2D eigenvalue weighted by Gasteiger charge is -2.23. The van der Waals surface area contributed by atoms with Crippen LogP contribution in [0.2, 0.25) is 0 Å². The highest BCUT2D eigenvalue weighted by molar-refractivity contribution is 5.76. The summed E-state index contributed by atoms with van der Waals surface area (Å²) in [6, 6.07) is 0.239. The van der Waals surface area contributed by atoms with Gasteiger partial charge in [0.15, 0.2) is 0 Å². The molecule has 1 aliphatic rings. The average molecular weight is 228 g/mol. The summed E-state index contributed by atoms with van der Waals surface area (Å²) in [6.45, 7) is 3.89. The first kappa shape index (κ1) is 13.5. The molecular weight excluding hydrogens is 204 g/mol. The number of ether oxygens (including phenoxy) is 1. The summed E-state index contributed by atoms with van der Waals surface area (Å²) >= 11 is 0. The molecule has 1 heterocycles. The van der Waals surface area contributed by atoms with Crippen LogP contribution >= 0.6 is 0 Å². The Morgan fingerprint density at radius 2 is 2.31 bits per heavy atom. The number of carbonyl (C=O) groups excluding carboxylic acids is 1. The Bertz CT molecular complexity index is 203. The molecule has 0 aromatic carbocycles.